The van der Waals surface area contributed by atoms with Crippen LogP contribution in [0.3, 0.4) is 0 Å². The molecule has 3 N–H and O–H groups in total. The molecule has 0 heterocycles. The normalized spacial score (nSPS) is 10.3. The smallest absolute Gasteiger partial charge is 0.323 e. The van der Waals surface area contributed by atoms with E-state index in [1.807, 2.05) is 6.07 Å². The van der Waals surface area contributed by atoms with Gasteiger partial charge in [0.1, 0.15) is 0 Å². The van der Waals surface area contributed by atoms with Crippen LogP contribution in [0.1, 0.15) is 5.56 Å². The summed E-state index contributed by atoms with van der Waals surface area (Å²) in [5.41, 5.74) is 7.27. The molecule has 2 rings (SSSR count). The zero-order valence-electron chi connectivity index (χ0n) is 11.3. The average molecular weight is 428 g/mol. The van der Waals surface area contributed by atoms with Gasteiger partial charge in [0.05, 0.1) is 17.8 Å². The largest absolute Gasteiger partial charge is 0.481 e. The number of hydrogen-bond donors (Lipinski definition) is 2. The second-order valence-electron chi connectivity index (χ2n) is 4.48. The van der Waals surface area contributed by atoms with Crippen LogP contribution in [0.5, 0.6) is 0 Å². The van der Waals surface area contributed by atoms with Crippen molar-refractivity contribution in [2.24, 2.45) is 5.73 Å². The number of carbonyl (C=O) groups is 2. The Hall–Kier alpha value is -1.86. The number of nitrogens with zero attached hydrogens (tertiary/aromatic N) is 1. The first kappa shape index (κ1) is 16.5. The molecule has 0 aromatic heterocycles. The van der Waals surface area contributed by atoms with E-state index >= 15 is 0 Å². The Morgan fingerprint density at radius 1 is 1.05 bits per heavy atom. The first-order chi connectivity index (χ1) is 10.4. The second kappa shape index (κ2) is 6.93. The Morgan fingerprint density at radius 2 is 1.68 bits per heavy atom. The number of hydrogen-bond acceptors (Lipinski definition) is 2. The minimum Gasteiger partial charge on any atom is -0.481 e. The van der Waals surface area contributed by atoms with E-state index in [2.05, 4.69) is 31.9 Å². The van der Waals surface area contributed by atoms with Gasteiger partial charge in [-0.15, -0.1) is 0 Å². The van der Waals surface area contributed by atoms with Gasteiger partial charge >= 0.3 is 12.0 Å². The van der Waals surface area contributed by atoms with E-state index in [1.165, 1.54) is 4.90 Å². The molecule has 0 saturated heterocycles. The molecule has 0 aliphatic carbocycles. The van der Waals surface area contributed by atoms with Crippen LogP contribution >= 0.6 is 31.9 Å². The molecule has 0 aliphatic heterocycles. The maximum atomic E-state index is 11.9. The van der Waals surface area contributed by atoms with Crippen molar-refractivity contribution in [3.63, 3.8) is 0 Å². The molecular weight excluding hydrogens is 416 g/mol. The number of benzene rings is 2. The molecule has 5 nitrogen and oxygen atoms in total. The molecule has 7 heteroatoms. The maximum Gasteiger partial charge on any atom is 0.323 e. The molecular formula is C15H12Br2N2O3. The van der Waals surface area contributed by atoms with Gasteiger partial charge < -0.3 is 10.8 Å². The lowest BCUT2D eigenvalue weighted by Crippen LogP contribution is -2.32. The predicted molar refractivity (Wildman–Crippen MR) is 91.3 cm³/mol. The van der Waals surface area contributed by atoms with Crippen molar-refractivity contribution in [3.8, 4) is 0 Å². The highest BCUT2D eigenvalue weighted by Gasteiger charge is 2.20. The van der Waals surface area contributed by atoms with Crippen LogP contribution in [-0.2, 0) is 11.2 Å². The Bertz CT molecular complexity index is 734. The summed E-state index contributed by atoms with van der Waals surface area (Å²) in [6.45, 7) is 0. The molecule has 22 heavy (non-hydrogen) atoms. The quantitative estimate of drug-likeness (QED) is 0.771. The molecule has 2 aromatic carbocycles. The Labute approximate surface area is 144 Å². The third-order valence-corrected chi connectivity index (χ3v) is 4.23. The number of nitrogens with two attached hydrogens (primary N) is 1. The first-order valence-electron chi connectivity index (χ1n) is 6.24. The van der Waals surface area contributed by atoms with Crippen molar-refractivity contribution in [2.75, 3.05) is 4.90 Å². The first-order valence-corrected chi connectivity index (χ1v) is 7.83. The lowest BCUT2D eigenvalue weighted by Gasteiger charge is -2.23. The Morgan fingerprint density at radius 3 is 2.23 bits per heavy atom. The van der Waals surface area contributed by atoms with Gasteiger partial charge in [0.2, 0.25) is 0 Å². The number of carbonyl (C=O) groups excluding carboxylic acids is 1. The number of para-hydroxylation sites is 1. The van der Waals surface area contributed by atoms with Gasteiger partial charge in [-0.25, -0.2) is 4.79 Å². The maximum absolute atomic E-state index is 11.9. The van der Waals surface area contributed by atoms with Crippen molar-refractivity contribution in [1.82, 2.24) is 0 Å². The van der Waals surface area contributed by atoms with Gasteiger partial charge in [-0.05, 0) is 61.7 Å². The number of primary amides is 1. The summed E-state index contributed by atoms with van der Waals surface area (Å²) in [6, 6.07) is 11.5. The Balaban J connectivity index is 2.48. The monoisotopic (exact) mass is 426 g/mol. The number of anilines is 2. The minimum absolute atomic E-state index is 0.0928. The molecule has 0 unspecified atom stereocenters. The third-order valence-electron chi connectivity index (χ3n) is 2.92. The summed E-state index contributed by atoms with van der Waals surface area (Å²) in [5, 5.41) is 8.83. The van der Waals surface area contributed by atoms with Crippen LogP contribution in [0.15, 0.2) is 51.4 Å². The van der Waals surface area contributed by atoms with E-state index in [4.69, 9.17) is 10.8 Å². The second-order valence-corrected chi connectivity index (χ2v) is 6.19. The van der Waals surface area contributed by atoms with E-state index in [9.17, 15) is 9.59 Å². The summed E-state index contributed by atoms with van der Waals surface area (Å²) >= 11 is 6.76. The lowest BCUT2D eigenvalue weighted by atomic mass is 10.1. The van der Waals surface area contributed by atoms with E-state index in [0.29, 0.717) is 21.4 Å². The molecule has 0 fully saturated rings. The molecule has 0 radical (unpaired) electrons. The molecule has 114 valence electrons. The van der Waals surface area contributed by atoms with E-state index < -0.39 is 12.0 Å². The zero-order chi connectivity index (χ0) is 16.3. The minimum atomic E-state index is -0.919. The fraction of sp³-hybridized carbons (Fsp3) is 0.0667. The van der Waals surface area contributed by atoms with Crippen LogP contribution in [0.2, 0.25) is 0 Å². The molecule has 2 aromatic rings. The van der Waals surface area contributed by atoms with Crippen molar-refractivity contribution in [1.29, 1.82) is 0 Å². The van der Waals surface area contributed by atoms with E-state index in [0.717, 1.165) is 4.47 Å². The van der Waals surface area contributed by atoms with E-state index in [1.54, 1.807) is 36.4 Å². The van der Waals surface area contributed by atoms with E-state index in [-0.39, 0.29) is 6.42 Å². The van der Waals surface area contributed by atoms with Crippen molar-refractivity contribution in [3.05, 3.63) is 57.0 Å². The molecule has 0 saturated carbocycles. The number of carboxylic acids is 1. The number of halogens is 2. The highest BCUT2D eigenvalue weighted by molar-refractivity contribution is 9.11. The van der Waals surface area contributed by atoms with Crippen molar-refractivity contribution >= 4 is 55.2 Å². The van der Waals surface area contributed by atoms with Crippen LogP contribution in [0.4, 0.5) is 16.2 Å². The molecule has 2 amide bonds. The molecule has 0 atom stereocenters. The average Bonchev–Trinajstić information content (AvgIpc) is 2.42. The molecule has 0 spiro atoms. The molecule has 0 bridgehead atoms. The number of urea groups is 1. The number of aliphatic carboxylic acids is 1. The van der Waals surface area contributed by atoms with Gasteiger partial charge in [-0.1, -0.05) is 18.2 Å². The lowest BCUT2D eigenvalue weighted by molar-refractivity contribution is -0.136. The highest BCUT2D eigenvalue weighted by Crippen LogP contribution is 2.36. The van der Waals surface area contributed by atoms with Gasteiger partial charge in [0, 0.05) is 8.95 Å². The van der Waals surface area contributed by atoms with Gasteiger partial charge in [0.15, 0.2) is 0 Å². The summed E-state index contributed by atoms with van der Waals surface area (Å²) in [6.07, 6.45) is -0.0928. The summed E-state index contributed by atoms with van der Waals surface area (Å²) < 4.78 is 1.30. The predicted octanol–water partition coefficient (Wildman–Crippen LogP) is 4.06. The topological polar surface area (TPSA) is 83.6 Å². The summed E-state index contributed by atoms with van der Waals surface area (Å²) in [4.78, 5) is 24.0. The number of carboxylic acid groups (broad SMARTS) is 1. The fourth-order valence-corrected chi connectivity index (χ4v) is 3.08. The van der Waals surface area contributed by atoms with Gasteiger partial charge in [-0.3, -0.25) is 9.69 Å². The number of rotatable bonds is 4. The number of amides is 2. The van der Waals surface area contributed by atoms with Gasteiger partial charge in [0.25, 0.3) is 0 Å². The fourth-order valence-electron chi connectivity index (χ4n) is 2.02. The Kier molecular flexibility index (Phi) is 5.20. The van der Waals surface area contributed by atoms with Crippen LogP contribution < -0.4 is 10.6 Å². The zero-order valence-corrected chi connectivity index (χ0v) is 14.5. The highest BCUT2D eigenvalue weighted by atomic mass is 79.9. The van der Waals surface area contributed by atoms with Gasteiger partial charge in [-0.2, -0.15) is 0 Å². The van der Waals surface area contributed by atoms with Crippen molar-refractivity contribution in [2.45, 2.75) is 6.42 Å². The van der Waals surface area contributed by atoms with Crippen LogP contribution in [0.25, 0.3) is 0 Å². The SMILES string of the molecule is NC(=O)N(c1ccccc1Br)c1ccc(CC(=O)O)cc1Br. The van der Waals surface area contributed by atoms with Crippen LogP contribution in [0, 0.1) is 0 Å². The third kappa shape index (κ3) is 3.66. The standard InChI is InChI=1S/C15H12Br2N2O3/c16-10-3-1-2-4-12(10)19(15(18)22)13-6-5-9(7-11(13)17)8-14(20)21/h1-7H,8H2,(H2,18,22)(H,20,21). The van der Waals surface area contributed by atoms with Crippen LogP contribution in [-0.4, -0.2) is 17.1 Å². The summed E-state index contributed by atoms with van der Waals surface area (Å²) in [7, 11) is 0. The van der Waals surface area contributed by atoms with Crippen molar-refractivity contribution < 1.29 is 14.7 Å². The summed E-state index contributed by atoms with van der Waals surface area (Å²) in [5.74, 6) is -0.919. The molecule has 0 aliphatic rings.